The summed E-state index contributed by atoms with van der Waals surface area (Å²) in [6, 6.07) is 7.61. The number of likely N-dealkylation sites (tertiary alicyclic amines) is 1. The number of ether oxygens (including phenoxy) is 7. The number of nitrogens with two attached hydrogens (primary N) is 1. The molecule has 4 saturated heterocycles. The number of anilines is 1. The molecule has 0 saturated carbocycles. The Kier molecular flexibility index (Phi) is 22.2. The molecule has 10 rings (SSSR count). The van der Waals surface area contributed by atoms with Crippen LogP contribution in [0.2, 0.25) is 0 Å². The Morgan fingerprint density at radius 2 is 1.57 bits per heavy atom. The number of aromatic hydroxyl groups is 2. The summed E-state index contributed by atoms with van der Waals surface area (Å²) in [4.78, 5) is 139. The van der Waals surface area contributed by atoms with Crippen LogP contribution in [0.4, 0.5) is 15.3 Å². The van der Waals surface area contributed by atoms with Crippen LogP contribution in [0, 0.1) is 5.92 Å². The number of likely N-dealkylation sites (N-methyl/N-ethyl adjacent to an activating group) is 1. The van der Waals surface area contributed by atoms with Crippen LogP contribution in [0.3, 0.4) is 0 Å². The summed E-state index contributed by atoms with van der Waals surface area (Å²) < 4.78 is 42.1. The first-order valence-corrected chi connectivity index (χ1v) is 32.6. The molecule has 3 aromatic carbocycles. The van der Waals surface area contributed by atoms with Gasteiger partial charge < -0.3 is 80.4 Å². The number of unbranched alkanes of at least 4 members (excludes halogenated alkanes) is 2. The van der Waals surface area contributed by atoms with Gasteiger partial charge in [-0.3, -0.25) is 53.1 Å². The number of Topliss-reactive ketones (excluding diaryl/α,β-unsaturated/α-hetero) is 1. The third-order valence-electron chi connectivity index (χ3n) is 19.1. The number of hydrogen-bond donors (Lipinski definition) is 8. The molecule has 2 aliphatic carbocycles. The van der Waals surface area contributed by atoms with Gasteiger partial charge in [0.2, 0.25) is 23.5 Å². The van der Waals surface area contributed by atoms with E-state index in [1.165, 1.54) is 44.6 Å². The van der Waals surface area contributed by atoms with E-state index in [2.05, 4.69) is 26.2 Å². The number of fused-ring (bicyclic) bond motifs is 6. The SMILES string of the molecule is COc1cccc2c1C(=O)c1c(O)c3c(c(O)c1C2=O)C[C@@](O)(C(=O)CN(C)C1CCN(C(=O)OCc2ccc(NC(=O)[C@H](CCCNC(N)=O)NC(=O)[C@@H](NC(=O)CCCCCN4C(=O)C=CC4=O)C(C)C)cc2)CC1)C[C@@H]3O[C@H]1C[C@H]2[C@H](O[C@@H]3[C@@H](OC)OCCN32)[C@H](C)O1. The zero-order valence-electron chi connectivity index (χ0n) is 54.6. The van der Waals surface area contributed by atoms with Crippen molar-refractivity contribution in [2.24, 2.45) is 11.7 Å². The van der Waals surface area contributed by atoms with Crippen LogP contribution in [0.1, 0.15) is 140 Å². The first kappa shape index (κ1) is 70.4. The van der Waals surface area contributed by atoms with Gasteiger partial charge in [-0.15, -0.1) is 0 Å². The molecule has 0 bridgehead atoms. The standard InChI is InChI=1S/C67H85N9O20/c1-35(2)55(72-47(78)15-8-7-9-25-76-48(79)20-21-49(76)80)62(86)71-42(13-11-24-69-65(68)87)61(85)70-38-18-16-37(17-19-38)34-93-66(88)74-26-22-39(23-27-74)73(4)33-46(77)67(89)31-41-52(59(84)54-53(57(41)82)56(81)40-12-10-14-44(90-5)51(40)58(54)83)45(32-67)95-50-30-43-60(36(3)94-50)96-63-64(91-6)92-29-28-75(43)63/h10,12,14,16-21,35-36,39,42-43,45,50,55,60,63-64,82,84,89H,7-9,11,13,15,22-34H2,1-6H3,(H,70,85)(H,71,86)(H,72,78)(H3,68,69,87)/t36-,42-,43-,45-,50-,55-,60+,63+,64-,67-/m0/s1. The number of methoxy groups -OCH3 is 2. The van der Waals surface area contributed by atoms with Crippen LogP contribution in [0.25, 0.3) is 0 Å². The number of primary amides is 1. The highest BCUT2D eigenvalue weighted by Crippen LogP contribution is 2.53. The third kappa shape index (κ3) is 15.2. The first-order valence-electron chi connectivity index (χ1n) is 32.6. The number of urea groups is 1. The molecular formula is C67H85N9O20. The predicted octanol–water partition coefficient (Wildman–Crippen LogP) is 2.95. The maximum Gasteiger partial charge on any atom is 0.410 e. The Labute approximate surface area is 554 Å². The van der Waals surface area contributed by atoms with E-state index in [4.69, 9.17) is 38.9 Å². The van der Waals surface area contributed by atoms with Crippen molar-refractivity contribution < 1.29 is 96.4 Å². The molecule has 5 heterocycles. The molecule has 3 aromatic rings. The molecule has 0 aromatic heterocycles. The molecule has 5 aliphatic heterocycles. The van der Waals surface area contributed by atoms with Gasteiger partial charge in [0.25, 0.3) is 11.8 Å². The highest BCUT2D eigenvalue weighted by Gasteiger charge is 2.56. The normalized spacial score (nSPS) is 24.5. The first-order chi connectivity index (χ1) is 45.9. The summed E-state index contributed by atoms with van der Waals surface area (Å²) in [7, 11) is 4.59. The fourth-order valence-corrected chi connectivity index (χ4v) is 13.9. The van der Waals surface area contributed by atoms with Crippen molar-refractivity contribution in [3.63, 3.8) is 0 Å². The number of carbonyl (C=O) groups is 10. The maximum atomic E-state index is 14.8. The number of amides is 8. The lowest BCUT2D eigenvalue weighted by atomic mass is 9.71. The van der Waals surface area contributed by atoms with Crippen LogP contribution in [0.15, 0.2) is 54.6 Å². The molecule has 9 N–H and O–H groups in total. The number of aliphatic hydroxyl groups is 1. The maximum absolute atomic E-state index is 14.8. The van der Waals surface area contributed by atoms with Crippen molar-refractivity contribution in [2.75, 3.05) is 72.5 Å². The van der Waals surface area contributed by atoms with Crippen molar-refractivity contribution in [1.82, 2.24) is 35.6 Å². The lowest BCUT2D eigenvalue weighted by Gasteiger charge is -2.44. The number of rotatable bonds is 26. The minimum absolute atomic E-state index is 0.0662. The van der Waals surface area contributed by atoms with E-state index in [-0.39, 0.29) is 129 Å². The lowest BCUT2D eigenvalue weighted by Crippen LogP contribution is -2.55. The van der Waals surface area contributed by atoms with Gasteiger partial charge in [-0.05, 0) is 82.2 Å². The zero-order valence-corrected chi connectivity index (χ0v) is 54.6. The summed E-state index contributed by atoms with van der Waals surface area (Å²) in [6.45, 7) is 6.70. The summed E-state index contributed by atoms with van der Waals surface area (Å²) in [5, 5.41) is 48.0. The van der Waals surface area contributed by atoms with Crippen molar-refractivity contribution in [2.45, 2.75) is 165 Å². The van der Waals surface area contributed by atoms with Gasteiger partial charge in [-0.2, -0.15) is 0 Å². The van der Waals surface area contributed by atoms with Crippen LogP contribution in [-0.4, -0.2) is 222 Å². The zero-order chi connectivity index (χ0) is 68.9. The van der Waals surface area contributed by atoms with Gasteiger partial charge in [0.15, 0.2) is 30.4 Å². The van der Waals surface area contributed by atoms with Gasteiger partial charge in [0.1, 0.15) is 47.6 Å². The molecule has 29 nitrogen and oxygen atoms in total. The van der Waals surface area contributed by atoms with Crippen LogP contribution < -0.4 is 31.7 Å². The van der Waals surface area contributed by atoms with E-state index in [1.54, 1.807) is 55.0 Å². The Hall–Kier alpha value is -8.42. The van der Waals surface area contributed by atoms with E-state index in [0.717, 1.165) is 4.90 Å². The summed E-state index contributed by atoms with van der Waals surface area (Å²) in [5.74, 6) is -6.13. The van der Waals surface area contributed by atoms with Gasteiger partial charge in [-0.1, -0.05) is 44.5 Å². The van der Waals surface area contributed by atoms with Crippen LogP contribution >= 0.6 is 0 Å². The number of benzene rings is 3. The van der Waals surface area contributed by atoms with Crippen LogP contribution in [0.5, 0.6) is 17.2 Å². The topological polar surface area (TPSA) is 383 Å². The Morgan fingerprint density at radius 1 is 0.854 bits per heavy atom. The second-order valence-corrected chi connectivity index (χ2v) is 25.7. The molecule has 0 radical (unpaired) electrons. The summed E-state index contributed by atoms with van der Waals surface area (Å²) in [5.41, 5.74) is 2.62. The fourth-order valence-electron chi connectivity index (χ4n) is 13.9. The Morgan fingerprint density at radius 3 is 2.26 bits per heavy atom. The van der Waals surface area contributed by atoms with Gasteiger partial charge in [0.05, 0.1) is 49.2 Å². The monoisotopic (exact) mass is 1340 g/mol. The Balaban J connectivity index is 0.736. The number of imide groups is 1. The second kappa shape index (κ2) is 30.3. The molecule has 518 valence electrons. The minimum atomic E-state index is -2.25. The molecular weight excluding hydrogens is 1250 g/mol. The van der Waals surface area contributed by atoms with Crippen LogP contribution in [-0.2, 0) is 70.2 Å². The van der Waals surface area contributed by atoms with E-state index in [9.17, 15) is 63.3 Å². The van der Waals surface area contributed by atoms with Crippen molar-refractivity contribution in [1.29, 1.82) is 0 Å². The molecule has 29 heteroatoms. The summed E-state index contributed by atoms with van der Waals surface area (Å²) >= 11 is 0. The molecule has 8 amide bonds. The molecule has 0 unspecified atom stereocenters. The molecule has 4 fully saturated rings. The van der Waals surface area contributed by atoms with Crippen molar-refractivity contribution >= 4 is 64.7 Å². The van der Waals surface area contributed by atoms with E-state index >= 15 is 0 Å². The summed E-state index contributed by atoms with van der Waals surface area (Å²) in [6.07, 6.45) is -0.612. The number of hydrogen-bond acceptors (Lipinski definition) is 22. The average molecular weight is 1340 g/mol. The van der Waals surface area contributed by atoms with E-state index < -0.39 is 132 Å². The van der Waals surface area contributed by atoms with Gasteiger partial charge in [-0.25, -0.2) is 9.59 Å². The number of ketones is 3. The van der Waals surface area contributed by atoms with Crippen molar-refractivity contribution in [3.05, 3.63) is 93.6 Å². The molecule has 10 atom stereocenters. The predicted molar refractivity (Wildman–Crippen MR) is 339 cm³/mol. The fraction of sp³-hybridized carbons (Fsp3) is 0.552. The number of nitrogens with zero attached hydrogens (tertiary/aromatic N) is 4. The number of phenols is 2. The lowest BCUT2D eigenvalue weighted by molar-refractivity contribution is -0.256. The van der Waals surface area contributed by atoms with E-state index in [1.807, 2.05) is 6.92 Å². The van der Waals surface area contributed by atoms with Crippen molar-refractivity contribution in [3.8, 4) is 17.2 Å². The van der Waals surface area contributed by atoms with Gasteiger partial charge >= 0.3 is 12.1 Å². The molecule has 96 heavy (non-hydrogen) atoms. The number of morpholine rings is 1. The van der Waals surface area contributed by atoms with E-state index in [0.29, 0.717) is 56.5 Å². The highest BCUT2D eigenvalue weighted by atomic mass is 16.7. The molecule has 0 spiro atoms. The minimum Gasteiger partial charge on any atom is -0.507 e. The average Bonchev–Trinajstić information content (AvgIpc) is 0.857. The highest BCUT2D eigenvalue weighted by molar-refractivity contribution is 6.31. The smallest absolute Gasteiger partial charge is 0.410 e. The largest absolute Gasteiger partial charge is 0.507 e. The quantitative estimate of drug-likeness (QED) is 0.0254. The second-order valence-electron chi connectivity index (χ2n) is 25.7. The third-order valence-corrected chi connectivity index (χ3v) is 19.1. The number of phenolic OH excluding ortho intramolecular Hbond substituents is 2. The Bertz CT molecular complexity index is 3500. The van der Waals surface area contributed by atoms with Gasteiger partial charge in [0, 0.05) is 112 Å². The number of piperidine rings is 1. The number of nitrogens with one attached hydrogen (secondary N) is 4. The molecule has 7 aliphatic rings. The number of carbonyl (C=O) groups excluding carboxylic acids is 10.